The zero-order valence-electron chi connectivity index (χ0n) is 12.1. The molecule has 2 aromatic rings. The van der Waals surface area contributed by atoms with Gasteiger partial charge in [-0.25, -0.2) is 4.98 Å². The largest absolute Gasteiger partial charge is 0.493 e. The number of thiazole rings is 1. The van der Waals surface area contributed by atoms with E-state index in [1.165, 1.54) is 11.1 Å². The Morgan fingerprint density at radius 1 is 1.30 bits per heavy atom. The predicted molar refractivity (Wildman–Crippen MR) is 81.3 cm³/mol. The number of nitrogens with zero attached hydrogens (tertiary/aromatic N) is 2. The monoisotopic (exact) mass is 286 g/mol. The van der Waals surface area contributed by atoms with Gasteiger partial charge in [0, 0.05) is 11.3 Å². The van der Waals surface area contributed by atoms with Gasteiger partial charge in [-0.2, -0.15) is 5.26 Å². The molecule has 3 nitrogen and oxygen atoms in total. The number of benzene rings is 1. The Kier molecular flexibility index (Phi) is 4.75. The van der Waals surface area contributed by atoms with Crippen LogP contribution < -0.4 is 4.74 Å². The summed E-state index contributed by atoms with van der Waals surface area (Å²) in [6, 6.07) is 8.26. The first-order chi connectivity index (χ1) is 9.61. The molecule has 0 aliphatic heterocycles. The Morgan fingerprint density at radius 2 is 2.10 bits per heavy atom. The molecule has 1 aromatic heterocycles. The third kappa shape index (κ3) is 3.37. The second kappa shape index (κ2) is 6.53. The average molecular weight is 286 g/mol. The molecule has 4 heteroatoms. The van der Waals surface area contributed by atoms with Crippen molar-refractivity contribution in [2.45, 2.75) is 33.6 Å². The molecule has 1 aromatic carbocycles. The quantitative estimate of drug-likeness (QED) is 0.840. The van der Waals surface area contributed by atoms with E-state index in [0.29, 0.717) is 13.0 Å². The summed E-state index contributed by atoms with van der Waals surface area (Å²) in [5, 5.41) is 9.78. The van der Waals surface area contributed by atoms with E-state index in [0.717, 1.165) is 27.7 Å². The van der Waals surface area contributed by atoms with Crippen LogP contribution in [0.4, 0.5) is 0 Å². The first kappa shape index (κ1) is 14.5. The number of aryl methyl sites for hydroxylation is 2. The summed E-state index contributed by atoms with van der Waals surface area (Å²) < 4.78 is 5.83. The zero-order valence-corrected chi connectivity index (χ0v) is 12.9. The Hall–Kier alpha value is -1.86. The third-order valence-corrected chi connectivity index (χ3v) is 4.52. The number of hydrogen-bond donors (Lipinski definition) is 0. The van der Waals surface area contributed by atoms with Gasteiger partial charge < -0.3 is 4.74 Å². The SMILES string of the molecule is Cc1cccc(OCCc2nc(C)c(CC#N)s2)c1C. The highest BCUT2D eigenvalue weighted by molar-refractivity contribution is 7.11. The summed E-state index contributed by atoms with van der Waals surface area (Å²) in [6.07, 6.45) is 1.23. The summed E-state index contributed by atoms with van der Waals surface area (Å²) in [4.78, 5) is 5.55. The van der Waals surface area contributed by atoms with Crippen molar-refractivity contribution in [2.75, 3.05) is 6.61 Å². The number of rotatable bonds is 5. The molecule has 2 rings (SSSR count). The van der Waals surface area contributed by atoms with Crippen molar-refractivity contribution < 1.29 is 4.74 Å². The standard InChI is InChI=1S/C16H18N2OS/c1-11-5-4-6-14(12(11)2)19-10-8-16-18-13(3)15(20-16)7-9-17/h4-6H,7-8,10H2,1-3H3. The minimum absolute atomic E-state index is 0.446. The Bertz CT molecular complexity index is 640. The summed E-state index contributed by atoms with van der Waals surface area (Å²) in [5.41, 5.74) is 3.40. The molecular formula is C16H18N2OS. The maximum atomic E-state index is 8.74. The average Bonchev–Trinajstić information content (AvgIpc) is 2.76. The van der Waals surface area contributed by atoms with E-state index in [4.69, 9.17) is 10.00 Å². The Labute approximate surface area is 123 Å². The molecule has 0 radical (unpaired) electrons. The lowest BCUT2D eigenvalue weighted by molar-refractivity contribution is 0.319. The van der Waals surface area contributed by atoms with Gasteiger partial charge in [0.15, 0.2) is 0 Å². The molecule has 0 fully saturated rings. The van der Waals surface area contributed by atoms with Crippen LogP contribution in [0.2, 0.25) is 0 Å². The predicted octanol–water partition coefficient (Wildman–Crippen LogP) is 3.76. The van der Waals surface area contributed by atoms with Crippen molar-refractivity contribution in [2.24, 2.45) is 0 Å². The zero-order chi connectivity index (χ0) is 14.5. The highest BCUT2D eigenvalue weighted by Gasteiger charge is 2.08. The van der Waals surface area contributed by atoms with E-state index in [9.17, 15) is 0 Å². The van der Waals surface area contributed by atoms with Crippen LogP contribution in [0, 0.1) is 32.1 Å². The topological polar surface area (TPSA) is 45.9 Å². The van der Waals surface area contributed by atoms with Gasteiger partial charge in [-0.1, -0.05) is 12.1 Å². The van der Waals surface area contributed by atoms with Gasteiger partial charge in [0.1, 0.15) is 5.75 Å². The van der Waals surface area contributed by atoms with E-state index >= 15 is 0 Å². The molecular weight excluding hydrogens is 268 g/mol. The molecule has 0 saturated heterocycles. The van der Waals surface area contributed by atoms with Gasteiger partial charge in [0.05, 0.1) is 29.8 Å². The van der Waals surface area contributed by atoms with Gasteiger partial charge in [0.2, 0.25) is 0 Å². The van der Waals surface area contributed by atoms with Crippen molar-refractivity contribution in [3.05, 3.63) is 44.9 Å². The minimum Gasteiger partial charge on any atom is -0.493 e. The highest BCUT2D eigenvalue weighted by Crippen LogP contribution is 2.22. The number of aromatic nitrogens is 1. The lowest BCUT2D eigenvalue weighted by Gasteiger charge is -2.09. The van der Waals surface area contributed by atoms with Crippen LogP contribution in [0.5, 0.6) is 5.75 Å². The molecule has 0 amide bonds. The maximum Gasteiger partial charge on any atom is 0.122 e. The van der Waals surface area contributed by atoms with Crippen LogP contribution in [-0.4, -0.2) is 11.6 Å². The van der Waals surface area contributed by atoms with Gasteiger partial charge in [0.25, 0.3) is 0 Å². The van der Waals surface area contributed by atoms with Gasteiger partial charge in [-0.15, -0.1) is 11.3 Å². The molecule has 1 heterocycles. The van der Waals surface area contributed by atoms with Gasteiger partial charge >= 0.3 is 0 Å². The van der Waals surface area contributed by atoms with E-state index < -0.39 is 0 Å². The van der Waals surface area contributed by atoms with E-state index in [1.54, 1.807) is 11.3 Å². The van der Waals surface area contributed by atoms with Crippen LogP contribution in [0.3, 0.4) is 0 Å². The normalized spacial score (nSPS) is 10.3. The minimum atomic E-state index is 0.446. The molecule has 0 spiro atoms. The van der Waals surface area contributed by atoms with Crippen molar-refractivity contribution in [1.29, 1.82) is 5.26 Å². The van der Waals surface area contributed by atoms with Gasteiger partial charge in [-0.05, 0) is 38.0 Å². The molecule has 0 N–H and O–H groups in total. The summed E-state index contributed by atoms with van der Waals surface area (Å²) in [7, 11) is 0. The first-order valence-corrected chi connectivity index (χ1v) is 7.44. The molecule has 0 bridgehead atoms. The van der Waals surface area contributed by atoms with Crippen LogP contribution in [-0.2, 0) is 12.8 Å². The number of hydrogen-bond acceptors (Lipinski definition) is 4. The maximum absolute atomic E-state index is 8.74. The molecule has 0 saturated carbocycles. The van der Waals surface area contributed by atoms with Crippen molar-refractivity contribution in [1.82, 2.24) is 4.98 Å². The highest BCUT2D eigenvalue weighted by atomic mass is 32.1. The van der Waals surface area contributed by atoms with Crippen molar-refractivity contribution in [3.63, 3.8) is 0 Å². The number of nitriles is 1. The molecule has 0 aliphatic carbocycles. The van der Waals surface area contributed by atoms with Crippen LogP contribution in [0.15, 0.2) is 18.2 Å². The van der Waals surface area contributed by atoms with Crippen LogP contribution >= 0.6 is 11.3 Å². The summed E-state index contributed by atoms with van der Waals surface area (Å²) >= 11 is 1.61. The smallest absolute Gasteiger partial charge is 0.122 e. The fourth-order valence-electron chi connectivity index (χ4n) is 1.96. The Balaban J connectivity index is 1.95. The molecule has 0 aliphatic rings. The summed E-state index contributed by atoms with van der Waals surface area (Å²) in [5.74, 6) is 0.940. The van der Waals surface area contributed by atoms with E-state index in [1.807, 2.05) is 19.1 Å². The van der Waals surface area contributed by atoms with Gasteiger partial charge in [-0.3, -0.25) is 0 Å². The lowest BCUT2D eigenvalue weighted by Crippen LogP contribution is -2.02. The van der Waals surface area contributed by atoms with Crippen molar-refractivity contribution in [3.8, 4) is 11.8 Å². The second-order valence-corrected chi connectivity index (χ2v) is 5.92. The Morgan fingerprint density at radius 3 is 2.85 bits per heavy atom. The molecule has 0 unspecified atom stereocenters. The van der Waals surface area contributed by atoms with E-state index in [-0.39, 0.29) is 0 Å². The molecule has 104 valence electrons. The molecule has 0 atom stereocenters. The first-order valence-electron chi connectivity index (χ1n) is 6.63. The fourth-order valence-corrected chi connectivity index (χ4v) is 2.94. The second-order valence-electron chi connectivity index (χ2n) is 4.75. The lowest BCUT2D eigenvalue weighted by atomic mass is 10.1. The third-order valence-electron chi connectivity index (χ3n) is 3.30. The fraction of sp³-hybridized carbons (Fsp3) is 0.375. The molecule has 20 heavy (non-hydrogen) atoms. The number of ether oxygens (including phenoxy) is 1. The summed E-state index contributed by atoms with van der Waals surface area (Å²) in [6.45, 7) is 6.73. The van der Waals surface area contributed by atoms with Crippen LogP contribution in [0.25, 0.3) is 0 Å². The van der Waals surface area contributed by atoms with Crippen molar-refractivity contribution >= 4 is 11.3 Å². The van der Waals surface area contributed by atoms with E-state index in [2.05, 4.69) is 31.0 Å². The van der Waals surface area contributed by atoms with Crippen LogP contribution in [0.1, 0.15) is 26.7 Å².